The highest BCUT2D eigenvalue weighted by atomic mass is 28.1. The van der Waals surface area contributed by atoms with Gasteiger partial charge in [0.1, 0.15) is 0 Å². The molecule has 0 fully saturated rings. The molecule has 0 rings (SSSR count). The summed E-state index contributed by atoms with van der Waals surface area (Å²) in [5.74, 6) is -8.61. The standard InChI is InChI=1S/4C4H6O4.H4Si/c4*5-3(6)1-2-4(7)8;/h4*1-2H2,(H,5,6)(H,7,8);1H4. The largest absolute Gasteiger partial charge is 0.481 e. The zero-order chi connectivity index (χ0) is 26.3. The van der Waals surface area contributed by atoms with Crippen LogP contribution in [-0.2, 0) is 38.4 Å². The SMILES string of the molecule is O=C(O)CCC(=O)O.O=C(O)CCC(=O)O.O=C(O)CCC(=O)O.O=C(O)CCC(=O)O.[SiH4]. The molecule has 0 aromatic rings. The van der Waals surface area contributed by atoms with E-state index < -0.39 is 47.8 Å². The normalized spacial score (nSPS) is 8.24. The summed E-state index contributed by atoms with van der Waals surface area (Å²) in [7, 11) is 0. The van der Waals surface area contributed by atoms with E-state index in [-0.39, 0.29) is 62.3 Å². The van der Waals surface area contributed by atoms with Gasteiger partial charge in [-0.2, -0.15) is 0 Å². The van der Waals surface area contributed by atoms with Gasteiger partial charge in [0.15, 0.2) is 0 Å². The number of carboxylic acid groups (broad SMARTS) is 8. The summed E-state index contributed by atoms with van der Waals surface area (Å²) in [5, 5.41) is 63.2. The van der Waals surface area contributed by atoms with Crippen LogP contribution in [0.15, 0.2) is 0 Å². The second kappa shape index (κ2) is 26.0. The molecule has 0 unspecified atom stereocenters. The molecule has 0 aliphatic rings. The van der Waals surface area contributed by atoms with E-state index in [4.69, 9.17) is 40.9 Å². The van der Waals surface area contributed by atoms with Gasteiger partial charge in [-0.1, -0.05) is 0 Å². The summed E-state index contributed by atoms with van der Waals surface area (Å²) in [6, 6.07) is 0. The van der Waals surface area contributed by atoms with Crippen molar-refractivity contribution in [1.82, 2.24) is 0 Å². The highest BCUT2D eigenvalue weighted by Crippen LogP contribution is 1.87. The van der Waals surface area contributed by atoms with Gasteiger partial charge in [-0.15, -0.1) is 0 Å². The molecule has 17 heteroatoms. The Balaban J connectivity index is -0.000000105. The van der Waals surface area contributed by atoms with Crippen molar-refractivity contribution in [2.75, 3.05) is 0 Å². The summed E-state index contributed by atoms with van der Waals surface area (Å²) in [5.41, 5.74) is 0. The fourth-order valence-electron chi connectivity index (χ4n) is 0.855. The smallest absolute Gasteiger partial charge is 0.303 e. The summed E-state index contributed by atoms with van der Waals surface area (Å²) in [6.07, 6.45) is -2.37. The third-order valence-electron chi connectivity index (χ3n) is 2.21. The lowest BCUT2D eigenvalue weighted by molar-refractivity contribution is -0.143. The van der Waals surface area contributed by atoms with Gasteiger partial charge < -0.3 is 40.9 Å². The van der Waals surface area contributed by atoms with Crippen LogP contribution in [0.25, 0.3) is 0 Å². The van der Waals surface area contributed by atoms with Gasteiger partial charge in [-0.3, -0.25) is 38.4 Å². The Labute approximate surface area is 190 Å². The first-order chi connectivity index (χ1) is 14.5. The Bertz CT molecular complexity index is 489. The summed E-state index contributed by atoms with van der Waals surface area (Å²) >= 11 is 0. The average molecular weight is 504 g/mol. The average Bonchev–Trinajstić information content (AvgIpc) is 2.63. The molecule has 0 heterocycles. The summed E-state index contributed by atoms with van der Waals surface area (Å²) in [6.45, 7) is 0. The van der Waals surface area contributed by atoms with Crippen LogP contribution in [0.4, 0.5) is 0 Å². The first kappa shape index (κ1) is 39.5. The minimum Gasteiger partial charge on any atom is -0.481 e. The van der Waals surface area contributed by atoms with Crippen LogP contribution in [0, 0.1) is 0 Å². The van der Waals surface area contributed by atoms with Gasteiger partial charge in [0.25, 0.3) is 0 Å². The molecule has 0 amide bonds. The lowest BCUT2D eigenvalue weighted by Crippen LogP contribution is -2.00. The highest BCUT2D eigenvalue weighted by Gasteiger charge is 2.02. The van der Waals surface area contributed by atoms with E-state index >= 15 is 0 Å². The number of hydrogen-bond acceptors (Lipinski definition) is 8. The monoisotopic (exact) mass is 504 g/mol. The van der Waals surface area contributed by atoms with Crippen LogP contribution in [0.2, 0.25) is 0 Å². The third-order valence-corrected chi connectivity index (χ3v) is 2.21. The number of rotatable bonds is 12. The summed E-state index contributed by atoms with van der Waals surface area (Å²) < 4.78 is 0. The maximum atomic E-state index is 9.64. The van der Waals surface area contributed by atoms with Crippen molar-refractivity contribution in [1.29, 1.82) is 0 Å². The van der Waals surface area contributed by atoms with Gasteiger partial charge in [-0.05, 0) is 11.0 Å². The second-order valence-corrected chi connectivity index (χ2v) is 5.15. The topological polar surface area (TPSA) is 298 Å². The van der Waals surface area contributed by atoms with Crippen LogP contribution in [0.1, 0.15) is 51.4 Å². The molecule has 0 atom stereocenters. The van der Waals surface area contributed by atoms with Gasteiger partial charge in [0, 0.05) is 0 Å². The van der Waals surface area contributed by atoms with Crippen LogP contribution in [0.3, 0.4) is 0 Å². The van der Waals surface area contributed by atoms with Gasteiger partial charge in [-0.25, -0.2) is 0 Å². The molecule has 0 saturated carbocycles. The molecule has 0 aromatic heterocycles. The molecule has 16 nitrogen and oxygen atoms in total. The lowest BCUT2D eigenvalue weighted by Gasteiger charge is -1.85. The molecule has 0 saturated heterocycles. The fraction of sp³-hybridized carbons (Fsp3) is 0.500. The first-order valence-electron chi connectivity index (χ1n) is 8.25. The number of aliphatic carboxylic acids is 8. The number of carboxylic acids is 8. The molecule has 0 aliphatic carbocycles. The molecular formula is C16H28O16Si. The quantitative estimate of drug-likeness (QED) is 0.137. The van der Waals surface area contributed by atoms with Gasteiger partial charge in [0.05, 0.1) is 51.4 Å². The molecule has 192 valence electrons. The molecule has 0 aliphatic heterocycles. The van der Waals surface area contributed by atoms with Crippen LogP contribution in [0.5, 0.6) is 0 Å². The van der Waals surface area contributed by atoms with E-state index in [0.717, 1.165) is 0 Å². The zero-order valence-electron chi connectivity index (χ0n) is 16.5. The Morgan fingerprint density at radius 3 is 0.364 bits per heavy atom. The van der Waals surface area contributed by atoms with E-state index in [2.05, 4.69) is 0 Å². The van der Waals surface area contributed by atoms with Crippen molar-refractivity contribution in [3.8, 4) is 0 Å². The van der Waals surface area contributed by atoms with E-state index in [1.54, 1.807) is 0 Å². The van der Waals surface area contributed by atoms with Crippen molar-refractivity contribution < 1.29 is 79.2 Å². The van der Waals surface area contributed by atoms with Gasteiger partial charge >= 0.3 is 47.8 Å². The van der Waals surface area contributed by atoms with E-state index in [1.165, 1.54) is 0 Å². The maximum absolute atomic E-state index is 9.64. The van der Waals surface area contributed by atoms with E-state index in [9.17, 15) is 38.4 Å². The molecular weight excluding hydrogens is 476 g/mol. The van der Waals surface area contributed by atoms with Crippen molar-refractivity contribution in [2.24, 2.45) is 0 Å². The Hall–Kier alpha value is -4.02. The number of hydrogen-bond donors (Lipinski definition) is 8. The van der Waals surface area contributed by atoms with Crippen LogP contribution in [-0.4, -0.2) is 99.6 Å². The lowest BCUT2D eigenvalue weighted by atomic mass is 10.3. The maximum Gasteiger partial charge on any atom is 0.303 e. The molecule has 0 spiro atoms. The van der Waals surface area contributed by atoms with Crippen molar-refractivity contribution in [3.63, 3.8) is 0 Å². The highest BCUT2D eigenvalue weighted by molar-refractivity contribution is 5.76. The fourth-order valence-corrected chi connectivity index (χ4v) is 0.855. The van der Waals surface area contributed by atoms with Crippen molar-refractivity contribution >= 4 is 58.7 Å². The molecule has 0 radical (unpaired) electrons. The number of carbonyl (C=O) groups is 8. The van der Waals surface area contributed by atoms with Crippen LogP contribution < -0.4 is 0 Å². The van der Waals surface area contributed by atoms with Crippen molar-refractivity contribution in [3.05, 3.63) is 0 Å². The molecule has 0 aromatic carbocycles. The zero-order valence-corrected chi connectivity index (χ0v) is 16.5. The Morgan fingerprint density at radius 1 is 0.273 bits per heavy atom. The molecule has 0 bridgehead atoms. The van der Waals surface area contributed by atoms with E-state index in [0.29, 0.717) is 0 Å². The minimum atomic E-state index is -1.08. The molecule has 8 N–H and O–H groups in total. The van der Waals surface area contributed by atoms with Gasteiger partial charge in [0.2, 0.25) is 0 Å². The first-order valence-corrected chi connectivity index (χ1v) is 8.25. The Morgan fingerprint density at radius 2 is 0.333 bits per heavy atom. The van der Waals surface area contributed by atoms with E-state index in [1.807, 2.05) is 0 Å². The van der Waals surface area contributed by atoms with Crippen LogP contribution >= 0.6 is 0 Å². The molecule has 33 heavy (non-hydrogen) atoms. The predicted molar refractivity (Wildman–Crippen MR) is 109 cm³/mol. The third kappa shape index (κ3) is 74.0. The van der Waals surface area contributed by atoms with Crippen molar-refractivity contribution in [2.45, 2.75) is 51.4 Å². The minimum absolute atomic E-state index is 0. The predicted octanol–water partition coefficient (Wildman–Crippen LogP) is -1.71. The Kier molecular flexibility index (Phi) is 31.1. The summed E-state index contributed by atoms with van der Waals surface area (Å²) in [4.78, 5) is 77.1. The second-order valence-electron chi connectivity index (χ2n) is 5.15.